The maximum absolute atomic E-state index is 13.2. The number of rotatable bonds is 7. The lowest BCUT2D eigenvalue weighted by atomic mass is 10.00. The molecule has 1 fully saturated rings. The smallest absolute Gasteiger partial charge is 0.411 e. The lowest BCUT2D eigenvalue weighted by Crippen LogP contribution is -2.48. The van der Waals surface area contributed by atoms with Crippen molar-refractivity contribution in [3.05, 3.63) is 95.3 Å². The Morgan fingerprint density at radius 2 is 1.86 bits per heavy atom. The third-order valence-corrected chi connectivity index (χ3v) is 5.64. The molecule has 35 heavy (non-hydrogen) atoms. The van der Waals surface area contributed by atoms with Crippen LogP contribution in [0.2, 0.25) is 0 Å². The molecule has 0 unspecified atom stereocenters. The maximum atomic E-state index is 13.2. The number of hydrogen-bond donors (Lipinski definition) is 2. The van der Waals surface area contributed by atoms with Gasteiger partial charge in [0.1, 0.15) is 0 Å². The van der Waals surface area contributed by atoms with Crippen LogP contribution in [0.15, 0.2) is 73.1 Å². The molecular formula is C27H28N4O4. The lowest BCUT2D eigenvalue weighted by Gasteiger charge is -2.25. The van der Waals surface area contributed by atoms with Crippen LogP contribution in [0.1, 0.15) is 47.0 Å². The van der Waals surface area contributed by atoms with Crippen LogP contribution in [0.3, 0.4) is 0 Å². The normalized spacial score (nSPS) is 17.3. The first-order chi connectivity index (χ1) is 16.8. The second kappa shape index (κ2) is 10.4. The largest absolute Gasteiger partial charge is 0.438 e. The molecule has 8 nitrogen and oxygen atoms in total. The fourth-order valence-electron chi connectivity index (χ4n) is 4.04. The first-order valence-corrected chi connectivity index (χ1v) is 11.5. The van der Waals surface area contributed by atoms with Gasteiger partial charge in [-0.15, -0.1) is 0 Å². The van der Waals surface area contributed by atoms with Gasteiger partial charge in [-0.2, -0.15) is 0 Å². The Morgan fingerprint density at radius 3 is 2.51 bits per heavy atom. The van der Waals surface area contributed by atoms with E-state index in [1.54, 1.807) is 42.6 Å². The molecule has 0 spiro atoms. The van der Waals surface area contributed by atoms with Crippen LogP contribution >= 0.6 is 0 Å². The van der Waals surface area contributed by atoms with Crippen molar-refractivity contribution >= 4 is 23.6 Å². The first kappa shape index (κ1) is 23.9. The number of anilines is 1. The number of ether oxygens (including phenoxy) is 1. The van der Waals surface area contributed by atoms with Gasteiger partial charge in [-0.3, -0.25) is 19.5 Å². The van der Waals surface area contributed by atoms with Crippen molar-refractivity contribution in [1.29, 1.82) is 0 Å². The quantitative estimate of drug-likeness (QED) is 0.536. The van der Waals surface area contributed by atoms with Gasteiger partial charge in [0.15, 0.2) is 12.1 Å². The van der Waals surface area contributed by atoms with Gasteiger partial charge in [0.2, 0.25) is 5.91 Å². The van der Waals surface area contributed by atoms with Crippen molar-refractivity contribution < 1.29 is 19.1 Å². The summed E-state index contributed by atoms with van der Waals surface area (Å²) in [7, 11) is 0. The maximum Gasteiger partial charge on any atom is 0.411 e. The van der Waals surface area contributed by atoms with Gasteiger partial charge >= 0.3 is 6.09 Å². The Bertz CT molecular complexity index is 1210. The van der Waals surface area contributed by atoms with Gasteiger partial charge < -0.3 is 15.4 Å². The summed E-state index contributed by atoms with van der Waals surface area (Å²) >= 11 is 0. The number of amides is 3. The highest BCUT2D eigenvalue weighted by Crippen LogP contribution is 2.34. The van der Waals surface area contributed by atoms with Crippen LogP contribution in [-0.4, -0.2) is 39.9 Å². The fraction of sp³-hybridized carbons (Fsp3) is 0.259. The molecule has 0 radical (unpaired) electrons. The summed E-state index contributed by atoms with van der Waals surface area (Å²) in [6.45, 7) is 5.98. The number of aryl methyl sites for hydroxylation is 1. The van der Waals surface area contributed by atoms with Crippen molar-refractivity contribution in [2.24, 2.45) is 0 Å². The van der Waals surface area contributed by atoms with Crippen LogP contribution in [0.4, 0.5) is 10.5 Å². The van der Waals surface area contributed by atoms with Gasteiger partial charge in [-0.1, -0.05) is 42.0 Å². The third-order valence-electron chi connectivity index (χ3n) is 5.64. The molecule has 1 aromatic heterocycles. The molecule has 3 aromatic rings. The fourth-order valence-corrected chi connectivity index (χ4v) is 4.04. The highest BCUT2D eigenvalue weighted by atomic mass is 16.6. The minimum Gasteiger partial charge on any atom is -0.438 e. The van der Waals surface area contributed by atoms with E-state index in [0.717, 1.165) is 11.1 Å². The van der Waals surface area contributed by atoms with Crippen LogP contribution in [0.25, 0.3) is 0 Å². The Morgan fingerprint density at radius 1 is 1.09 bits per heavy atom. The van der Waals surface area contributed by atoms with Crippen LogP contribution in [0.5, 0.6) is 0 Å². The lowest BCUT2D eigenvalue weighted by molar-refractivity contribution is -0.126. The standard InChI is InChI=1S/C27H28N4O4/c1-17(2)29-26(33)23-24(35-27(34)31(23)16-19-7-4-6-18(3)14-19)20-9-11-22(12-10-20)30-25(32)21-8-5-13-28-15-21/h4-15,17,23-24H,16H2,1-3H3,(H,29,33)(H,30,32)/t23-,24+/m1/s1. The van der Waals surface area contributed by atoms with Crippen LogP contribution < -0.4 is 10.6 Å². The molecule has 0 saturated carbocycles. The molecule has 4 rings (SSSR count). The molecule has 2 atom stereocenters. The SMILES string of the molecule is Cc1cccc(CN2C(=O)O[C@@H](c3ccc(NC(=O)c4cccnc4)cc3)[C@@H]2C(=O)NC(C)C)c1. The summed E-state index contributed by atoms with van der Waals surface area (Å²) in [6, 6.07) is 17.2. The topological polar surface area (TPSA) is 101 Å². The van der Waals surface area contributed by atoms with Crippen LogP contribution in [0, 0.1) is 6.92 Å². The summed E-state index contributed by atoms with van der Waals surface area (Å²) in [5.41, 5.74) is 3.66. The zero-order chi connectivity index (χ0) is 24.9. The van der Waals surface area contributed by atoms with E-state index in [2.05, 4.69) is 15.6 Å². The van der Waals surface area contributed by atoms with Crippen LogP contribution in [-0.2, 0) is 16.1 Å². The molecule has 0 aliphatic carbocycles. The summed E-state index contributed by atoms with van der Waals surface area (Å²) in [4.78, 5) is 43.9. The average Bonchev–Trinajstić information content (AvgIpc) is 3.15. The van der Waals surface area contributed by atoms with E-state index in [0.29, 0.717) is 16.8 Å². The Kier molecular flexibility index (Phi) is 7.10. The van der Waals surface area contributed by atoms with E-state index in [1.165, 1.54) is 11.1 Å². The number of nitrogens with one attached hydrogen (secondary N) is 2. The molecule has 2 N–H and O–H groups in total. The predicted molar refractivity (Wildman–Crippen MR) is 132 cm³/mol. The van der Waals surface area contributed by atoms with Crippen molar-refractivity contribution in [3.8, 4) is 0 Å². The Balaban J connectivity index is 1.56. The average molecular weight is 473 g/mol. The molecule has 0 bridgehead atoms. The van der Waals surface area contributed by atoms with E-state index < -0.39 is 18.2 Å². The van der Waals surface area contributed by atoms with E-state index >= 15 is 0 Å². The molecule has 8 heteroatoms. The number of pyridine rings is 1. The van der Waals surface area contributed by atoms with E-state index in [-0.39, 0.29) is 24.4 Å². The second-order valence-electron chi connectivity index (χ2n) is 8.85. The zero-order valence-corrected chi connectivity index (χ0v) is 19.9. The Hall–Kier alpha value is -4.20. The monoisotopic (exact) mass is 472 g/mol. The van der Waals surface area contributed by atoms with Crippen molar-refractivity contribution in [2.75, 3.05) is 5.32 Å². The van der Waals surface area contributed by atoms with Gasteiger partial charge in [-0.05, 0) is 56.2 Å². The number of benzene rings is 2. The van der Waals surface area contributed by atoms with Gasteiger partial charge in [0, 0.05) is 24.1 Å². The van der Waals surface area contributed by atoms with Crippen molar-refractivity contribution in [3.63, 3.8) is 0 Å². The predicted octanol–water partition coefficient (Wildman–Crippen LogP) is 4.23. The highest BCUT2D eigenvalue weighted by molar-refractivity contribution is 6.04. The number of carbonyl (C=O) groups excluding carboxylic acids is 3. The molecule has 180 valence electrons. The summed E-state index contributed by atoms with van der Waals surface area (Å²) in [5, 5.41) is 5.73. The minimum absolute atomic E-state index is 0.0928. The second-order valence-corrected chi connectivity index (χ2v) is 8.85. The zero-order valence-electron chi connectivity index (χ0n) is 19.9. The summed E-state index contributed by atoms with van der Waals surface area (Å²) in [6.07, 6.45) is 1.76. The molecule has 2 heterocycles. The molecule has 2 aromatic carbocycles. The molecule has 1 saturated heterocycles. The molecule has 3 amide bonds. The van der Waals surface area contributed by atoms with Gasteiger partial charge in [0.05, 0.1) is 12.1 Å². The third kappa shape index (κ3) is 5.66. The first-order valence-electron chi connectivity index (χ1n) is 11.5. The van der Waals surface area contributed by atoms with Crippen molar-refractivity contribution in [2.45, 2.75) is 45.5 Å². The van der Waals surface area contributed by atoms with E-state index in [9.17, 15) is 14.4 Å². The molecule has 1 aliphatic heterocycles. The molecular weight excluding hydrogens is 444 g/mol. The number of carbonyl (C=O) groups is 3. The van der Waals surface area contributed by atoms with Gasteiger partial charge in [0.25, 0.3) is 5.91 Å². The summed E-state index contributed by atoms with van der Waals surface area (Å²) < 4.78 is 5.70. The van der Waals surface area contributed by atoms with E-state index in [4.69, 9.17) is 4.74 Å². The van der Waals surface area contributed by atoms with E-state index in [1.807, 2.05) is 45.0 Å². The highest BCUT2D eigenvalue weighted by Gasteiger charge is 2.47. The number of cyclic esters (lactones) is 1. The number of nitrogens with zero attached hydrogens (tertiary/aromatic N) is 2. The van der Waals surface area contributed by atoms with Crippen molar-refractivity contribution in [1.82, 2.24) is 15.2 Å². The number of aromatic nitrogens is 1. The van der Waals surface area contributed by atoms with Gasteiger partial charge in [-0.25, -0.2) is 4.79 Å². The summed E-state index contributed by atoms with van der Waals surface area (Å²) in [5.74, 6) is -0.561. The molecule has 1 aliphatic rings. The number of hydrogen-bond acceptors (Lipinski definition) is 5. The Labute approximate surface area is 204 Å². The minimum atomic E-state index is -0.832.